The fourth-order valence-corrected chi connectivity index (χ4v) is 6.91. The predicted octanol–water partition coefficient (Wildman–Crippen LogP) is 3.28. The van der Waals surface area contributed by atoms with Gasteiger partial charge in [0, 0.05) is 27.1 Å². The number of carbonyl (C=O) groups is 7. The van der Waals surface area contributed by atoms with Gasteiger partial charge in [-0.25, -0.2) is 13.6 Å². The number of Topliss-reactive ketones (excluding diaryl/α,β-unsaturated/α-hetero) is 1. The van der Waals surface area contributed by atoms with Crippen LogP contribution in [0.5, 0.6) is 0 Å². The van der Waals surface area contributed by atoms with E-state index in [1.165, 1.54) is 30.0 Å². The molecule has 1 aliphatic carbocycles. The largest absolute Gasteiger partial charge is 0.444 e. The highest BCUT2D eigenvalue weighted by Gasteiger charge is 2.53. The molecule has 7 atom stereocenters. The average Bonchev–Trinajstić information content (AvgIpc) is 3.61. The Balaban J connectivity index is 2.33. The molecular weight excluding hydrogens is 718 g/mol. The molecule has 0 bridgehead atoms. The van der Waals surface area contributed by atoms with Gasteiger partial charge in [-0.15, -0.1) is 0 Å². The van der Waals surface area contributed by atoms with Crippen LogP contribution in [0.1, 0.15) is 81.1 Å². The SMILES string of the molecule is C=C/C(=C\C=C/C)C(NC(=O)CNC(=O)C(=O)C(CCC(F)F)NC(=O)C1[C@H]2CC(C)C[C@H]2CN1C(=O)C(NC(=O)OC(C)(C)C)C(C)(C)C)C(=O)N(C)C. The number of ketones is 1. The van der Waals surface area contributed by atoms with Crippen molar-refractivity contribution in [2.24, 2.45) is 23.2 Å². The lowest BCUT2D eigenvalue weighted by Gasteiger charge is -2.37. The number of ether oxygens (including phenoxy) is 1. The highest BCUT2D eigenvalue weighted by molar-refractivity contribution is 6.38. The number of allylic oxidation sites excluding steroid dienone is 3. The zero-order valence-electron chi connectivity index (χ0n) is 33.8. The molecule has 1 saturated carbocycles. The molecule has 6 amide bonds. The number of likely N-dealkylation sites (tertiary alicyclic amines) is 1. The van der Waals surface area contributed by atoms with Gasteiger partial charge in [0.25, 0.3) is 5.91 Å². The Morgan fingerprint density at radius 3 is 2.13 bits per heavy atom. The van der Waals surface area contributed by atoms with E-state index in [-0.39, 0.29) is 24.3 Å². The summed E-state index contributed by atoms with van der Waals surface area (Å²) in [5.41, 5.74) is -1.31. The smallest absolute Gasteiger partial charge is 0.408 e. The maximum Gasteiger partial charge on any atom is 0.408 e. The summed E-state index contributed by atoms with van der Waals surface area (Å²) in [5, 5.41) is 9.80. The number of alkyl carbamates (subject to hydrolysis) is 1. The molecule has 0 spiro atoms. The monoisotopic (exact) mass is 778 g/mol. The second kappa shape index (κ2) is 19.8. The van der Waals surface area contributed by atoms with Crippen molar-refractivity contribution in [3.05, 3.63) is 36.5 Å². The summed E-state index contributed by atoms with van der Waals surface area (Å²) in [6, 6.07) is -5.12. The molecule has 5 unspecified atom stereocenters. The number of likely N-dealkylation sites (N-methyl/N-ethyl adjacent to an activating group) is 1. The quantitative estimate of drug-likeness (QED) is 0.136. The minimum Gasteiger partial charge on any atom is -0.444 e. The van der Waals surface area contributed by atoms with Crippen molar-refractivity contribution in [3.63, 3.8) is 0 Å². The summed E-state index contributed by atoms with van der Waals surface area (Å²) < 4.78 is 32.3. The lowest BCUT2D eigenvalue weighted by Crippen LogP contribution is -2.60. The number of nitrogens with one attached hydrogen (secondary N) is 4. The Labute approximate surface area is 323 Å². The molecule has 14 nitrogen and oxygen atoms in total. The normalized spacial score (nSPS) is 21.6. The van der Waals surface area contributed by atoms with Gasteiger partial charge in [0.1, 0.15) is 23.7 Å². The van der Waals surface area contributed by atoms with Crippen LogP contribution in [0.2, 0.25) is 0 Å². The molecule has 0 aromatic rings. The topological polar surface area (TPSA) is 183 Å². The highest BCUT2D eigenvalue weighted by atomic mass is 19.3. The van der Waals surface area contributed by atoms with Gasteiger partial charge < -0.3 is 35.8 Å². The van der Waals surface area contributed by atoms with E-state index >= 15 is 0 Å². The van der Waals surface area contributed by atoms with E-state index in [9.17, 15) is 42.3 Å². The van der Waals surface area contributed by atoms with Gasteiger partial charge in [-0.1, -0.05) is 58.6 Å². The van der Waals surface area contributed by atoms with Crippen LogP contribution in [0.3, 0.4) is 0 Å². The summed E-state index contributed by atoms with van der Waals surface area (Å²) in [7, 11) is 2.98. The number of hydrogen-bond acceptors (Lipinski definition) is 8. The Bertz CT molecular complexity index is 1520. The van der Waals surface area contributed by atoms with E-state index in [1.807, 2.05) is 6.92 Å². The Morgan fingerprint density at radius 2 is 1.60 bits per heavy atom. The van der Waals surface area contributed by atoms with Gasteiger partial charge >= 0.3 is 6.09 Å². The number of hydrogen-bond donors (Lipinski definition) is 4. The van der Waals surface area contributed by atoms with Crippen molar-refractivity contribution < 1.29 is 47.1 Å². The fourth-order valence-electron chi connectivity index (χ4n) is 6.91. The first-order valence-electron chi connectivity index (χ1n) is 18.6. The van der Waals surface area contributed by atoms with Crippen molar-refractivity contribution >= 4 is 41.4 Å². The molecule has 4 N–H and O–H groups in total. The molecule has 0 aromatic heterocycles. The van der Waals surface area contributed by atoms with Crippen LogP contribution in [-0.2, 0) is 33.5 Å². The molecule has 1 heterocycles. The minimum absolute atomic E-state index is 0.0773. The third kappa shape index (κ3) is 13.6. The van der Waals surface area contributed by atoms with Crippen molar-refractivity contribution in [2.45, 2.75) is 117 Å². The number of alkyl halides is 2. The Kier molecular flexibility index (Phi) is 16.8. The van der Waals surface area contributed by atoms with Gasteiger partial charge in [0.05, 0.1) is 12.6 Å². The number of halogens is 2. The van der Waals surface area contributed by atoms with E-state index in [1.54, 1.807) is 66.7 Å². The van der Waals surface area contributed by atoms with Gasteiger partial charge in [0.2, 0.25) is 35.8 Å². The molecule has 2 fully saturated rings. The number of fused-ring (bicyclic) bond motifs is 1. The van der Waals surface area contributed by atoms with E-state index in [2.05, 4.69) is 27.8 Å². The second-order valence-corrected chi connectivity index (χ2v) is 16.6. The van der Waals surface area contributed by atoms with E-state index in [0.717, 1.165) is 6.42 Å². The Hall–Kier alpha value is -4.63. The van der Waals surface area contributed by atoms with Crippen molar-refractivity contribution in [3.8, 4) is 0 Å². The van der Waals surface area contributed by atoms with Crippen LogP contribution >= 0.6 is 0 Å². The summed E-state index contributed by atoms with van der Waals surface area (Å²) in [6.07, 6.45) is 2.49. The maximum absolute atomic E-state index is 14.3. The van der Waals surface area contributed by atoms with Gasteiger partial charge in [-0.3, -0.25) is 28.8 Å². The maximum atomic E-state index is 14.3. The van der Waals surface area contributed by atoms with Crippen molar-refractivity contribution in [1.29, 1.82) is 0 Å². The lowest BCUT2D eigenvalue weighted by atomic mass is 9.85. The van der Waals surface area contributed by atoms with E-state index < -0.39 is 102 Å². The van der Waals surface area contributed by atoms with Crippen LogP contribution in [0.4, 0.5) is 13.6 Å². The second-order valence-electron chi connectivity index (χ2n) is 16.6. The minimum atomic E-state index is -2.86. The van der Waals surface area contributed by atoms with Crippen LogP contribution in [0.25, 0.3) is 0 Å². The molecule has 55 heavy (non-hydrogen) atoms. The van der Waals surface area contributed by atoms with Crippen LogP contribution in [0.15, 0.2) is 36.5 Å². The van der Waals surface area contributed by atoms with Crippen LogP contribution < -0.4 is 21.3 Å². The molecule has 1 aliphatic heterocycles. The van der Waals surface area contributed by atoms with Crippen LogP contribution in [0, 0.1) is 23.2 Å². The predicted molar refractivity (Wildman–Crippen MR) is 202 cm³/mol. The summed E-state index contributed by atoms with van der Waals surface area (Å²) in [5.74, 6) is -5.45. The first kappa shape index (κ1) is 46.5. The highest BCUT2D eigenvalue weighted by Crippen LogP contribution is 2.45. The van der Waals surface area contributed by atoms with E-state index in [4.69, 9.17) is 4.74 Å². The zero-order chi connectivity index (χ0) is 42.0. The van der Waals surface area contributed by atoms with Gasteiger partial charge in [0.15, 0.2) is 0 Å². The molecule has 0 aromatic carbocycles. The lowest BCUT2D eigenvalue weighted by molar-refractivity contribution is -0.145. The summed E-state index contributed by atoms with van der Waals surface area (Å²) in [4.78, 5) is 96.1. The zero-order valence-corrected chi connectivity index (χ0v) is 33.8. The van der Waals surface area contributed by atoms with Crippen molar-refractivity contribution in [1.82, 2.24) is 31.1 Å². The molecule has 16 heteroatoms. The number of nitrogens with zero attached hydrogens (tertiary/aromatic N) is 2. The first-order valence-corrected chi connectivity index (χ1v) is 18.6. The average molecular weight is 779 g/mol. The number of rotatable bonds is 16. The molecular formula is C39H60F2N6O8. The number of amides is 6. The fraction of sp³-hybridized carbons (Fsp3) is 0.667. The van der Waals surface area contributed by atoms with Crippen molar-refractivity contribution in [2.75, 3.05) is 27.2 Å². The molecule has 0 radical (unpaired) electrons. The van der Waals surface area contributed by atoms with Gasteiger partial charge in [-0.05, 0) is 75.7 Å². The Morgan fingerprint density at radius 1 is 0.964 bits per heavy atom. The summed E-state index contributed by atoms with van der Waals surface area (Å²) >= 11 is 0. The van der Waals surface area contributed by atoms with Crippen LogP contribution in [-0.4, -0.2) is 115 Å². The first-order chi connectivity index (χ1) is 25.4. The van der Waals surface area contributed by atoms with E-state index in [0.29, 0.717) is 12.0 Å². The summed E-state index contributed by atoms with van der Waals surface area (Å²) in [6.45, 7) is 17.2. The number of carbonyl (C=O) groups excluding carboxylic acids is 7. The third-order valence-electron chi connectivity index (χ3n) is 9.47. The molecule has 2 aliphatic rings. The molecule has 1 saturated heterocycles. The third-order valence-corrected chi connectivity index (χ3v) is 9.47. The molecule has 2 rings (SSSR count). The van der Waals surface area contributed by atoms with Gasteiger partial charge in [-0.2, -0.15) is 0 Å². The molecule has 308 valence electrons. The standard InChI is InChI=1S/C39H60F2N6O8/c1-12-14-15-23(13-2)29(35(52)46(10)11)44-28(48)20-42-34(51)31(49)26(16-17-27(40)41)43-33(50)30-25-19-22(3)18-24(25)21-47(30)36(53)32(38(4,5)6)45-37(54)55-39(7,8)9/h12-15,22,24-27,29-30,32H,2,16-21H2,1,3-11H3,(H,42,51)(H,43,50)(H,44,48)(H,45,54)/b14-12-,23-15+/t22?,24-,25-,26?,29?,30?,32?/m0/s1.